The van der Waals surface area contributed by atoms with Crippen LogP contribution in [0.5, 0.6) is 0 Å². The third-order valence-electron chi connectivity index (χ3n) is 4.61. The maximum absolute atomic E-state index is 12.5. The molecule has 10 heteroatoms. The van der Waals surface area contributed by atoms with E-state index in [1.807, 2.05) is 51.3 Å². The third-order valence-corrected chi connectivity index (χ3v) is 6.06. The molecule has 1 aliphatic heterocycles. The van der Waals surface area contributed by atoms with Crippen molar-refractivity contribution in [2.75, 3.05) is 36.0 Å². The molecule has 1 atom stereocenters. The number of nitrogens with zero attached hydrogens (tertiary/aromatic N) is 5. The highest BCUT2D eigenvalue weighted by atomic mass is 32.2. The van der Waals surface area contributed by atoms with Gasteiger partial charge in [-0.2, -0.15) is 15.0 Å². The average Bonchev–Trinajstić information content (AvgIpc) is 2.91. The standard InChI is InChI=1S/C17H29N7O2S/c1-7-23(8-2)13-19-14(24(9-3)10-4)21-16(20-13)27-17(11(5)6)12(25)18-15(26)22-17/h11H,7-10H2,1-6H3,(H2,18,22,25,26). The molecule has 0 spiro atoms. The number of hydrogen-bond donors (Lipinski definition) is 2. The van der Waals surface area contributed by atoms with Crippen LogP contribution in [0.2, 0.25) is 0 Å². The summed E-state index contributed by atoms with van der Waals surface area (Å²) in [5, 5.41) is 5.50. The van der Waals surface area contributed by atoms with Gasteiger partial charge in [-0.25, -0.2) is 4.79 Å². The van der Waals surface area contributed by atoms with Crippen molar-refractivity contribution in [1.29, 1.82) is 0 Å². The number of imide groups is 1. The Hall–Kier alpha value is -2.10. The number of carbonyl (C=O) groups is 2. The van der Waals surface area contributed by atoms with Gasteiger partial charge in [0.2, 0.25) is 11.9 Å². The number of urea groups is 1. The van der Waals surface area contributed by atoms with Crippen LogP contribution in [-0.2, 0) is 4.79 Å². The summed E-state index contributed by atoms with van der Waals surface area (Å²) in [5.41, 5.74) is 0. The van der Waals surface area contributed by atoms with Crippen LogP contribution < -0.4 is 20.4 Å². The van der Waals surface area contributed by atoms with E-state index in [0.717, 1.165) is 37.9 Å². The maximum atomic E-state index is 12.5. The zero-order valence-corrected chi connectivity index (χ0v) is 17.7. The Labute approximate surface area is 164 Å². The molecule has 1 fully saturated rings. The Balaban J connectivity index is 2.51. The van der Waals surface area contributed by atoms with Gasteiger partial charge in [0.15, 0.2) is 10.0 Å². The predicted octanol–water partition coefficient (Wildman–Crippen LogP) is 1.85. The molecule has 2 N–H and O–H groups in total. The molecule has 0 saturated carbocycles. The molecule has 1 unspecified atom stereocenters. The van der Waals surface area contributed by atoms with Gasteiger partial charge in [-0.1, -0.05) is 13.8 Å². The van der Waals surface area contributed by atoms with Gasteiger partial charge in [0.25, 0.3) is 5.91 Å². The average molecular weight is 396 g/mol. The smallest absolute Gasteiger partial charge is 0.323 e. The molecular formula is C17H29N7O2S. The first-order chi connectivity index (χ1) is 12.8. The van der Waals surface area contributed by atoms with E-state index in [1.54, 1.807) is 0 Å². The highest BCUT2D eigenvalue weighted by Crippen LogP contribution is 2.38. The SMILES string of the molecule is CCN(CC)c1nc(SC2(C(C)C)NC(=O)NC2=O)nc(N(CC)CC)n1. The second kappa shape index (κ2) is 8.73. The quantitative estimate of drug-likeness (QED) is 0.611. The lowest BCUT2D eigenvalue weighted by atomic mass is 10.0. The summed E-state index contributed by atoms with van der Waals surface area (Å²) < 4.78 is 0. The van der Waals surface area contributed by atoms with Crippen LogP contribution in [0, 0.1) is 5.92 Å². The number of amides is 3. The summed E-state index contributed by atoms with van der Waals surface area (Å²) in [4.78, 5) is 41.0. The molecule has 1 aromatic heterocycles. The molecular weight excluding hydrogens is 366 g/mol. The van der Waals surface area contributed by atoms with Crippen molar-refractivity contribution in [1.82, 2.24) is 25.6 Å². The molecule has 0 aromatic carbocycles. The van der Waals surface area contributed by atoms with Crippen molar-refractivity contribution in [2.45, 2.75) is 51.6 Å². The van der Waals surface area contributed by atoms with Gasteiger partial charge in [-0.15, -0.1) is 0 Å². The number of aromatic nitrogens is 3. The monoisotopic (exact) mass is 395 g/mol. The van der Waals surface area contributed by atoms with Crippen molar-refractivity contribution in [3.8, 4) is 0 Å². The van der Waals surface area contributed by atoms with Gasteiger partial charge in [0.05, 0.1) is 0 Å². The minimum absolute atomic E-state index is 0.153. The summed E-state index contributed by atoms with van der Waals surface area (Å²) in [6.07, 6.45) is 0. The van der Waals surface area contributed by atoms with E-state index >= 15 is 0 Å². The maximum Gasteiger partial charge on any atom is 0.323 e. The molecule has 2 heterocycles. The van der Waals surface area contributed by atoms with E-state index in [4.69, 9.17) is 0 Å². The molecule has 0 radical (unpaired) electrons. The van der Waals surface area contributed by atoms with E-state index in [2.05, 4.69) is 25.6 Å². The van der Waals surface area contributed by atoms with Crippen LogP contribution in [0.3, 0.4) is 0 Å². The van der Waals surface area contributed by atoms with Crippen LogP contribution in [0.1, 0.15) is 41.5 Å². The first-order valence-electron chi connectivity index (χ1n) is 9.39. The van der Waals surface area contributed by atoms with Crippen LogP contribution in [0.4, 0.5) is 16.7 Å². The van der Waals surface area contributed by atoms with Crippen LogP contribution in [0.25, 0.3) is 0 Å². The fourth-order valence-corrected chi connectivity index (χ4v) is 3.94. The summed E-state index contributed by atoms with van der Waals surface area (Å²) >= 11 is 1.16. The van der Waals surface area contributed by atoms with Gasteiger partial charge in [-0.05, 0) is 45.4 Å². The van der Waals surface area contributed by atoms with Crippen molar-refractivity contribution < 1.29 is 9.59 Å². The number of rotatable bonds is 9. The van der Waals surface area contributed by atoms with Crippen LogP contribution in [0.15, 0.2) is 5.16 Å². The minimum Gasteiger partial charge on any atom is -0.341 e. The van der Waals surface area contributed by atoms with E-state index in [0.29, 0.717) is 17.1 Å². The molecule has 1 aliphatic rings. The Morgan fingerprint density at radius 1 is 0.926 bits per heavy atom. The van der Waals surface area contributed by atoms with Crippen LogP contribution >= 0.6 is 11.8 Å². The number of nitrogens with one attached hydrogen (secondary N) is 2. The van der Waals surface area contributed by atoms with E-state index in [1.165, 1.54) is 0 Å². The van der Waals surface area contributed by atoms with Crippen molar-refractivity contribution >= 4 is 35.6 Å². The highest BCUT2D eigenvalue weighted by molar-refractivity contribution is 8.01. The second-order valence-electron chi connectivity index (χ2n) is 6.46. The second-order valence-corrected chi connectivity index (χ2v) is 7.68. The summed E-state index contributed by atoms with van der Waals surface area (Å²) in [7, 11) is 0. The lowest BCUT2D eigenvalue weighted by Crippen LogP contribution is -2.48. The number of carbonyl (C=O) groups excluding carboxylic acids is 2. The molecule has 0 bridgehead atoms. The fourth-order valence-electron chi connectivity index (χ4n) is 2.87. The Bertz CT molecular complexity index is 662. The predicted molar refractivity (Wildman–Crippen MR) is 107 cm³/mol. The van der Waals surface area contributed by atoms with Gasteiger partial charge in [0, 0.05) is 26.2 Å². The summed E-state index contributed by atoms with van der Waals surface area (Å²) in [6, 6.07) is -0.497. The Morgan fingerprint density at radius 2 is 1.41 bits per heavy atom. The molecule has 0 aliphatic carbocycles. The highest BCUT2D eigenvalue weighted by Gasteiger charge is 2.50. The molecule has 3 amide bonds. The van der Waals surface area contributed by atoms with Gasteiger partial charge in [-0.3, -0.25) is 10.1 Å². The molecule has 27 heavy (non-hydrogen) atoms. The summed E-state index contributed by atoms with van der Waals surface area (Å²) in [6.45, 7) is 15.0. The van der Waals surface area contributed by atoms with Crippen molar-refractivity contribution in [3.05, 3.63) is 0 Å². The van der Waals surface area contributed by atoms with Gasteiger partial charge < -0.3 is 15.1 Å². The normalized spacial score (nSPS) is 19.2. The van der Waals surface area contributed by atoms with Crippen molar-refractivity contribution in [3.63, 3.8) is 0 Å². The van der Waals surface area contributed by atoms with E-state index in [-0.39, 0.29) is 11.8 Å². The minimum atomic E-state index is -1.14. The molecule has 2 rings (SSSR count). The number of hydrogen-bond acceptors (Lipinski definition) is 8. The first-order valence-corrected chi connectivity index (χ1v) is 10.2. The topological polar surface area (TPSA) is 103 Å². The Morgan fingerprint density at radius 3 is 1.74 bits per heavy atom. The zero-order valence-electron chi connectivity index (χ0n) is 16.9. The third kappa shape index (κ3) is 4.26. The largest absolute Gasteiger partial charge is 0.341 e. The van der Waals surface area contributed by atoms with E-state index in [9.17, 15) is 9.59 Å². The van der Waals surface area contributed by atoms with Gasteiger partial charge in [0.1, 0.15) is 0 Å². The zero-order chi connectivity index (χ0) is 20.2. The fraction of sp³-hybridized carbons (Fsp3) is 0.706. The molecule has 9 nitrogen and oxygen atoms in total. The molecule has 1 aromatic rings. The Kier molecular flexibility index (Phi) is 6.85. The first kappa shape index (κ1) is 21.2. The lowest BCUT2D eigenvalue weighted by Gasteiger charge is -2.29. The van der Waals surface area contributed by atoms with Crippen LogP contribution in [-0.4, -0.2) is 57.9 Å². The van der Waals surface area contributed by atoms with E-state index < -0.39 is 10.9 Å². The number of thioether (sulfide) groups is 1. The van der Waals surface area contributed by atoms with Crippen molar-refractivity contribution in [2.24, 2.45) is 5.92 Å². The molecule has 150 valence electrons. The molecule has 1 saturated heterocycles. The summed E-state index contributed by atoms with van der Waals surface area (Å²) in [5.74, 6) is 0.618. The van der Waals surface area contributed by atoms with Gasteiger partial charge >= 0.3 is 6.03 Å². The lowest BCUT2D eigenvalue weighted by molar-refractivity contribution is -0.122. The number of anilines is 2.